The van der Waals surface area contributed by atoms with Crippen molar-refractivity contribution in [3.8, 4) is 0 Å². The maximum absolute atomic E-state index is 12.2. The first-order valence-corrected chi connectivity index (χ1v) is 7.92. The van der Waals surface area contributed by atoms with Gasteiger partial charge < -0.3 is 5.11 Å². The molecule has 2 N–H and O–H groups in total. The van der Waals surface area contributed by atoms with Gasteiger partial charge in [0, 0.05) is 18.0 Å². The summed E-state index contributed by atoms with van der Waals surface area (Å²) in [7, 11) is -2.09. The summed E-state index contributed by atoms with van der Waals surface area (Å²) >= 11 is 0.939. The van der Waals surface area contributed by atoms with Gasteiger partial charge in [0.05, 0.1) is 12.1 Å². The van der Waals surface area contributed by atoms with E-state index in [1.165, 1.54) is 16.8 Å². The van der Waals surface area contributed by atoms with Gasteiger partial charge in [-0.15, -0.1) is 11.3 Å². The summed E-state index contributed by atoms with van der Waals surface area (Å²) in [6, 6.07) is 4.51. The predicted octanol–water partition coefficient (Wildman–Crippen LogP) is 1.22. The molecule has 0 radical (unpaired) electrons. The third kappa shape index (κ3) is 3.17. The Balaban J connectivity index is 2.24. The van der Waals surface area contributed by atoms with Crippen LogP contribution in [0.1, 0.15) is 10.6 Å². The molecule has 0 aromatic carbocycles. The summed E-state index contributed by atoms with van der Waals surface area (Å²) in [5, 5.41) is 12.7. The lowest BCUT2D eigenvalue weighted by Crippen LogP contribution is -2.14. The Hall–Kier alpha value is -1.87. The molecule has 0 aliphatic rings. The number of aryl methyl sites for hydroxylation is 2. The standard InChI is InChI=1S/C11H13N3O4S2/c1-7-5-9(14(2)12-7)13-20(17,18)11-4-3-8(19-11)6-10(15)16/h3-5,13H,6H2,1-2H3,(H,15,16). The number of carbonyl (C=O) groups is 1. The number of rotatable bonds is 5. The number of carboxylic acid groups (broad SMARTS) is 1. The van der Waals surface area contributed by atoms with Crippen LogP contribution in [0.15, 0.2) is 22.4 Å². The lowest BCUT2D eigenvalue weighted by molar-refractivity contribution is -0.136. The third-order valence-corrected chi connectivity index (χ3v) is 5.40. The normalized spacial score (nSPS) is 11.5. The van der Waals surface area contributed by atoms with Crippen LogP contribution >= 0.6 is 11.3 Å². The van der Waals surface area contributed by atoms with E-state index in [-0.39, 0.29) is 10.6 Å². The molecule has 0 saturated heterocycles. The highest BCUT2D eigenvalue weighted by atomic mass is 32.2. The van der Waals surface area contributed by atoms with E-state index < -0.39 is 16.0 Å². The molecular formula is C11H13N3O4S2. The summed E-state index contributed by atoms with van der Waals surface area (Å²) in [6.45, 7) is 1.76. The smallest absolute Gasteiger partial charge is 0.308 e. The van der Waals surface area contributed by atoms with Crippen LogP contribution < -0.4 is 4.72 Å². The fourth-order valence-electron chi connectivity index (χ4n) is 1.64. The van der Waals surface area contributed by atoms with Crippen LogP contribution in [0.3, 0.4) is 0 Å². The Morgan fingerprint density at radius 1 is 1.50 bits per heavy atom. The summed E-state index contributed by atoms with van der Waals surface area (Å²) in [5.41, 5.74) is 0.697. The van der Waals surface area contributed by atoms with Crippen molar-refractivity contribution in [1.29, 1.82) is 0 Å². The maximum Gasteiger partial charge on any atom is 0.308 e. The number of anilines is 1. The number of carboxylic acids is 1. The van der Waals surface area contributed by atoms with Crippen molar-refractivity contribution in [2.45, 2.75) is 17.6 Å². The van der Waals surface area contributed by atoms with Gasteiger partial charge in [-0.25, -0.2) is 8.42 Å². The van der Waals surface area contributed by atoms with E-state index in [1.54, 1.807) is 20.0 Å². The molecular weight excluding hydrogens is 302 g/mol. The molecule has 9 heteroatoms. The van der Waals surface area contributed by atoms with Gasteiger partial charge >= 0.3 is 5.97 Å². The Morgan fingerprint density at radius 2 is 2.20 bits per heavy atom. The summed E-state index contributed by atoms with van der Waals surface area (Å²) in [6.07, 6.45) is -0.189. The van der Waals surface area contributed by atoms with E-state index in [9.17, 15) is 13.2 Å². The van der Waals surface area contributed by atoms with E-state index in [1.807, 2.05) is 0 Å². The number of hydrogen-bond donors (Lipinski definition) is 2. The summed E-state index contributed by atoms with van der Waals surface area (Å²) in [4.78, 5) is 11.1. The third-order valence-electron chi connectivity index (χ3n) is 2.47. The fourth-order valence-corrected chi connectivity index (χ4v) is 4.07. The van der Waals surface area contributed by atoms with Crippen molar-refractivity contribution in [2.75, 3.05) is 4.72 Å². The number of aliphatic carboxylic acids is 1. The SMILES string of the molecule is Cc1cc(NS(=O)(=O)c2ccc(CC(=O)O)s2)n(C)n1. The predicted molar refractivity (Wildman–Crippen MR) is 74.4 cm³/mol. The monoisotopic (exact) mass is 315 g/mol. The van der Waals surface area contributed by atoms with Crippen LogP contribution in [0, 0.1) is 6.92 Å². The zero-order chi connectivity index (χ0) is 14.9. The first-order valence-electron chi connectivity index (χ1n) is 5.62. The van der Waals surface area contributed by atoms with Crippen molar-refractivity contribution in [3.63, 3.8) is 0 Å². The minimum absolute atomic E-state index is 0.0765. The molecule has 20 heavy (non-hydrogen) atoms. The molecule has 2 heterocycles. The molecule has 0 unspecified atom stereocenters. The average Bonchev–Trinajstić information content (AvgIpc) is 2.86. The molecule has 2 rings (SSSR count). The van der Waals surface area contributed by atoms with Crippen LogP contribution in [0.4, 0.5) is 5.82 Å². The van der Waals surface area contributed by atoms with E-state index in [0.29, 0.717) is 16.4 Å². The van der Waals surface area contributed by atoms with E-state index in [2.05, 4.69) is 9.82 Å². The molecule has 0 fully saturated rings. The Bertz CT molecular complexity index is 746. The first-order chi connectivity index (χ1) is 9.28. The highest BCUT2D eigenvalue weighted by Gasteiger charge is 2.19. The molecule has 0 aliphatic heterocycles. The number of aromatic nitrogens is 2. The van der Waals surface area contributed by atoms with Gasteiger partial charge in [0.2, 0.25) is 0 Å². The number of thiophene rings is 1. The average molecular weight is 315 g/mol. The van der Waals surface area contributed by atoms with E-state index >= 15 is 0 Å². The lowest BCUT2D eigenvalue weighted by Gasteiger charge is -2.05. The van der Waals surface area contributed by atoms with E-state index in [0.717, 1.165) is 11.3 Å². The highest BCUT2D eigenvalue weighted by molar-refractivity contribution is 7.94. The minimum atomic E-state index is -3.72. The van der Waals surface area contributed by atoms with Gasteiger partial charge in [0.15, 0.2) is 0 Å². The quantitative estimate of drug-likeness (QED) is 0.864. The van der Waals surface area contributed by atoms with Gasteiger partial charge in [-0.05, 0) is 19.1 Å². The van der Waals surface area contributed by atoms with E-state index in [4.69, 9.17) is 5.11 Å². The number of sulfonamides is 1. The number of nitrogens with zero attached hydrogens (tertiary/aromatic N) is 2. The Morgan fingerprint density at radius 3 is 2.75 bits per heavy atom. The first kappa shape index (κ1) is 14.5. The van der Waals surface area contributed by atoms with Crippen molar-refractivity contribution in [3.05, 3.63) is 28.8 Å². The topological polar surface area (TPSA) is 101 Å². The fraction of sp³-hybridized carbons (Fsp3) is 0.273. The second-order valence-electron chi connectivity index (χ2n) is 4.19. The minimum Gasteiger partial charge on any atom is -0.481 e. The van der Waals surface area contributed by atoms with Gasteiger partial charge in [-0.3, -0.25) is 14.2 Å². The van der Waals surface area contributed by atoms with Gasteiger partial charge in [0.1, 0.15) is 10.0 Å². The molecule has 7 nitrogen and oxygen atoms in total. The van der Waals surface area contributed by atoms with Gasteiger partial charge in [-0.1, -0.05) is 0 Å². The second kappa shape index (κ2) is 5.25. The molecule has 0 bridgehead atoms. The van der Waals surface area contributed by atoms with Gasteiger partial charge in [-0.2, -0.15) is 5.10 Å². The molecule has 0 saturated carbocycles. The number of hydrogen-bond acceptors (Lipinski definition) is 5. The largest absolute Gasteiger partial charge is 0.481 e. The van der Waals surface area contributed by atoms with Crippen LogP contribution in [0.25, 0.3) is 0 Å². The molecule has 2 aromatic rings. The summed E-state index contributed by atoms with van der Waals surface area (Å²) < 4.78 is 28.3. The van der Waals surface area contributed by atoms with Crippen LogP contribution in [0.2, 0.25) is 0 Å². The molecule has 2 aromatic heterocycles. The Kier molecular flexibility index (Phi) is 3.82. The zero-order valence-electron chi connectivity index (χ0n) is 10.8. The molecule has 0 spiro atoms. The van der Waals surface area contributed by atoms with Crippen molar-refractivity contribution < 1.29 is 18.3 Å². The Labute approximate surface area is 119 Å². The molecule has 108 valence electrons. The van der Waals surface area contributed by atoms with Crippen LogP contribution in [-0.4, -0.2) is 29.3 Å². The van der Waals surface area contributed by atoms with Crippen molar-refractivity contribution in [2.24, 2.45) is 7.05 Å². The highest BCUT2D eigenvalue weighted by Crippen LogP contribution is 2.24. The van der Waals surface area contributed by atoms with Gasteiger partial charge in [0.25, 0.3) is 10.0 Å². The summed E-state index contributed by atoms with van der Waals surface area (Å²) in [5.74, 6) is -0.637. The molecule has 0 amide bonds. The van der Waals surface area contributed by atoms with Crippen molar-refractivity contribution >= 4 is 33.1 Å². The lowest BCUT2D eigenvalue weighted by atomic mass is 10.3. The zero-order valence-corrected chi connectivity index (χ0v) is 12.5. The molecule has 0 atom stereocenters. The number of nitrogens with one attached hydrogen (secondary N) is 1. The van der Waals surface area contributed by atoms with Crippen molar-refractivity contribution in [1.82, 2.24) is 9.78 Å². The maximum atomic E-state index is 12.2. The van der Waals surface area contributed by atoms with Crippen LogP contribution in [-0.2, 0) is 28.3 Å². The second-order valence-corrected chi connectivity index (χ2v) is 7.27. The van der Waals surface area contributed by atoms with Crippen LogP contribution in [0.5, 0.6) is 0 Å². The molecule has 0 aliphatic carbocycles.